The summed E-state index contributed by atoms with van der Waals surface area (Å²) >= 11 is 0. The van der Waals surface area contributed by atoms with Crippen LogP contribution >= 0.6 is 0 Å². The van der Waals surface area contributed by atoms with Crippen molar-refractivity contribution < 1.29 is 14.6 Å². The van der Waals surface area contributed by atoms with E-state index in [9.17, 15) is 4.79 Å². The molecule has 0 fully saturated rings. The Bertz CT molecular complexity index is 552. The topological polar surface area (TPSA) is 58.6 Å². The maximum atomic E-state index is 11.2. The molecule has 0 saturated carbocycles. The Hall–Kier alpha value is -2.49. The van der Waals surface area contributed by atoms with Crippen LogP contribution in [0, 0.1) is 0 Å². The molecule has 2 aromatic carbocycles. The average Bonchev–Trinajstić information content (AvgIpc) is 2.40. The number of rotatable bonds is 4. The molecule has 0 heterocycles. The molecule has 0 aliphatic heterocycles. The van der Waals surface area contributed by atoms with Crippen LogP contribution in [-0.4, -0.2) is 18.2 Å². The number of carboxylic acids is 1. The molecule has 0 aromatic heterocycles. The first-order chi connectivity index (χ1) is 8.70. The van der Waals surface area contributed by atoms with E-state index in [-0.39, 0.29) is 5.56 Å². The zero-order chi connectivity index (χ0) is 13.0. The van der Waals surface area contributed by atoms with Crippen molar-refractivity contribution in [3.8, 4) is 5.75 Å². The predicted octanol–water partition coefficient (Wildman–Crippen LogP) is 3.14. The van der Waals surface area contributed by atoms with Crippen molar-refractivity contribution in [3.05, 3.63) is 54.1 Å². The van der Waals surface area contributed by atoms with Gasteiger partial charge in [-0.1, -0.05) is 18.2 Å². The molecule has 2 N–H and O–H groups in total. The lowest BCUT2D eigenvalue weighted by Crippen LogP contribution is -2.03. The number of ether oxygens (including phenoxy) is 1. The van der Waals surface area contributed by atoms with Crippen LogP contribution in [0.2, 0.25) is 0 Å². The summed E-state index contributed by atoms with van der Waals surface area (Å²) in [5.41, 5.74) is 1.55. The Morgan fingerprint density at radius 2 is 1.89 bits per heavy atom. The second kappa shape index (κ2) is 5.23. The predicted molar refractivity (Wildman–Crippen MR) is 69.7 cm³/mol. The summed E-state index contributed by atoms with van der Waals surface area (Å²) in [5, 5.41) is 12.2. The quantitative estimate of drug-likeness (QED) is 0.866. The molecule has 0 spiro atoms. The lowest BCUT2D eigenvalue weighted by atomic mass is 10.1. The summed E-state index contributed by atoms with van der Waals surface area (Å²) in [5.74, 6) is -0.474. The van der Waals surface area contributed by atoms with Crippen molar-refractivity contribution in [1.29, 1.82) is 0 Å². The van der Waals surface area contributed by atoms with Crippen molar-refractivity contribution in [2.24, 2.45) is 0 Å². The minimum Gasteiger partial charge on any atom is -0.497 e. The van der Waals surface area contributed by atoms with Gasteiger partial charge in [-0.2, -0.15) is 0 Å². The molecule has 0 aliphatic rings. The van der Waals surface area contributed by atoms with Gasteiger partial charge in [-0.05, 0) is 30.3 Å². The first-order valence-electron chi connectivity index (χ1n) is 5.44. The van der Waals surface area contributed by atoms with Gasteiger partial charge in [0.05, 0.1) is 18.4 Å². The summed E-state index contributed by atoms with van der Waals surface area (Å²) in [6.45, 7) is 0. The van der Waals surface area contributed by atoms with E-state index in [0.717, 1.165) is 5.69 Å². The Morgan fingerprint density at radius 1 is 1.17 bits per heavy atom. The van der Waals surface area contributed by atoms with Crippen molar-refractivity contribution in [2.75, 3.05) is 12.4 Å². The number of carboxylic acid groups (broad SMARTS) is 1. The SMILES string of the molecule is COc1ccc(Nc2ccccc2)c(C(=O)O)c1. The molecule has 0 saturated heterocycles. The van der Waals surface area contributed by atoms with Crippen molar-refractivity contribution in [1.82, 2.24) is 0 Å². The van der Waals surface area contributed by atoms with E-state index in [1.807, 2.05) is 30.3 Å². The number of hydrogen-bond donors (Lipinski definition) is 2. The number of anilines is 2. The molecule has 0 aliphatic carbocycles. The normalized spacial score (nSPS) is 9.83. The Labute approximate surface area is 105 Å². The van der Waals surface area contributed by atoms with Crippen LogP contribution in [0.15, 0.2) is 48.5 Å². The summed E-state index contributed by atoms with van der Waals surface area (Å²) in [6, 6.07) is 14.3. The summed E-state index contributed by atoms with van der Waals surface area (Å²) in [6.07, 6.45) is 0. The highest BCUT2D eigenvalue weighted by atomic mass is 16.5. The molecule has 2 aromatic rings. The van der Waals surface area contributed by atoms with Gasteiger partial charge in [0.25, 0.3) is 0 Å². The molecule has 92 valence electrons. The van der Waals surface area contributed by atoms with E-state index in [1.54, 1.807) is 12.1 Å². The van der Waals surface area contributed by atoms with E-state index in [4.69, 9.17) is 9.84 Å². The lowest BCUT2D eigenvalue weighted by Gasteiger charge is -2.10. The van der Waals surface area contributed by atoms with Gasteiger partial charge in [0, 0.05) is 5.69 Å². The van der Waals surface area contributed by atoms with Crippen molar-refractivity contribution in [3.63, 3.8) is 0 Å². The number of benzene rings is 2. The van der Waals surface area contributed by atoms with Crippen LogP contribution in [0.25, 0.3) is 0 Å². The molecule has 0 unspecified atom stereocenters. The third kappa shape index (κ3) is 2.60. The monoisotopic (exact) mass is 243 g/mol. The second-order valence-electron chi connectivity index (χ2n) is 3.71. The molecule has 4 heteroatoms. The zero-order valence-electron chi connectivity index (χ0n) is 9.88. The minimum atomic E-state index is -0.993. The summed E-state index contributed by atoms with van der Waals surface area (Å²) in [4.78, 5) is 11.2. The van der Waals surface area contributed by atoms with E-state index in [0.29, 0.717) is 11.4 Å². The third-order valence-corrected chi connectivity index (χ3v) is 2.51. The number of nitrogens with one attached hydrogen (secondary N) is 1. The van der Waals surface area contributed by atoms with Gasteiger partial charge < -0.3 is 15.2 Å². The van der Waals surface area contributed by atoms with Crippen LogP contribution in [-0.2, 0) is 0 Å². The van der Waals surface area contributed by atoms with Gasteiger partial charge in [-0.3, -0.25) is 0 Å². The highest BCUT2D eigenvalue weighted by molar-refractivity contribution is 5.95. The standard InChI is InChI=1S/C14H13NO3/c1-18-11-7-8-13(12(9-11)14(16)17)15-10-5-3-2-4-6-10/h2-9,15H,1H3,(H,16,17). The van der Waals surface area contributed by atoms with Crippen LogP contribution in [0.5, 0.6) is 5.75 Å². The van der Waals surface area contributed by atoms with Gasteiger partial charge in [-0.15, -0.1) is 0 Å². The second-order valence-corrected chi connectivity index (χ2v) is 3.71. The largest absolute Gasteiger partial charge is 0.497 e. The van der Waals surface area contributed by atoms with Crippen LogP contribution in [0.4, 0.5) is 11.4 Å². The van der Waals surface area contributed by atoms with Gasteiger partial charge in [0.2, 0.25) is 0 Å². The molecule has 0 amide bonds. The fraction of sp³-hybridized carbons (Fsp3) is 0.0714. The van der Waals surface area contributed by atoms with E-state index < -0.39 is 5.97 Å². The zero-order valence-corrected chi connectivity index (χ0v) is 9.88. The molecule has 2 rings (SSSR count). The molecule has 0 bridgehead atoms. The molecule has 4 nitrogen and oxygen atoms in total. The minimum absolute atomic E-state index is 0.179. The van der Waals surface area contributed by atoms with Crippen molar-refractivity contribution in [2.45, 2.75) is 0 Å². The van der Waals surface area contributed by atoms with Gasteiger partial charge in [-0.25, -0.2) is 4.79 Å². The van der Waals surface area contributed by atoms with Crippen molar-refractivity contribution >= 4 is 17.3 Å². The lowest BCUT2D eigenvalue weighted by molar-refractivity contribution is 0.0697. The fourth-order valence-electron chi connectivity index (χ4n) is 1.61. The number of carbonyl (C=O) groups is 1. The highest BCUT2D eigenvalue weighted by Gasteiger charge is 2.11. The Kier molecular flexibility index (Phi) is 3.48. The van der Waals surface area contributed by atoms with Gasteiger partial charge in [0.15, 0.2) is 0 Å². The fourth-order valence-corrected chi connectivity index (χ4v) is 1.61. The van der Waals surface area contributed by atoms with E-state index >= 15 is 0 Å². The van der Waals surface area contributed by atoms with E-state index in [1.165, 1.54) is 13.2 Å². The summed E-state index contributed by atoms with van der Waals surface area (Å²) < 4.78 is 5.02. The number of aromatic carboxylic acids is 1. The molecule has 0 radical (unpaired) electrons. The first-order valence-corrected chi connectivity index (χ1v) is 5.44. The molecular formula is C14H13NO3. The van der Waals surface area contributed by atoms with Crippen LogP contribution in [0.3, 0.4) is 0 Å². The summed E-state index contributed by atoms with van der Waals surface area (Å²) in [7, 11) is 1.51. The van der Waals surface area contributed by atoms with Gasteiger partial charge in [0.1, 0.15) is 5.75 Å². The molecular weight excluding hydrogens is 230 g/mol. The molecule has 0 atom stereocenters. The number of para-hydroxylation sites is 1. The smallest absolute Gasteiger partial charge is 0.337 e. The number of methoxy groups -OCH3 is 1. The average molecular weight is 243 g/mol. The highest BCUT2D eigenvalue weighted by Crippen LogP contribution is 2.25. The van der Waals surface area contributed by atoms with Crippen LogP contribution < -0.4 is 10.1 Å². The Balaban J connectivity index is 2.35. The van der Waals surface area contributed by atoms with Gasteiger partial charge >= 0.3 is 5.97 Å². The Morgan fingerprint density at radius 3 is 2.50 bits per heavy atom. The number of hydrogen-bond acceptors (Lipinski definition) is 3. The maximum absolute atomic E-state index is 11.2. The maximum Gasteiger partial charge on any atom is 0.337 e. The first kappa shape index (κ1) is 12.0. The molecule has 18 heavy (non-hydrogen) atoms. The third-order valence-electron chi connectivity index (χ3n) is 2.51. The van der Waals surface area contributed by atoms with E-state index in [2.05, 4.69) is 5.32 Å². The van der Waals surface area contributed by atoms with Crippen LogP contribution in [0.1, 0.15) is 10.4 Å².